The molecule has 4 rings (SSSR count). The molecule has 0 aliphatic rings. The van der Waals surface area contributed by atoms with Crippen LogP contribution in [0.3, 0.4) is 0 Å². The van der Waals surface area contributed by atoms with Gasteiger partial charge in [0.15, 0.2) is 0 Å². The van der Waals surface area contributed by atoms with E-state index in [1.807, 2.05) is 24.6 Å². The maximum atomic E-state index is 13.4. The lowest BCUT2D eigenvalue weighted by Gasteiger charge is -1.98. The number of hydrogen-bond acceptors (Lipinski definition) is 2. The number of fused-ring (bicyclic) bond motifs is 3. The molecule has 0 bridgehead atoms. The largest absolute Gasteiger partial charge is 0.456 e. The number of hydrogen-bond donors (Lipinski definition) is 1. The Hall–Kier alpha value is -2.62. The topological polar surface area (TPSA) is 41.8 Å². The number of furan rings is 1. The van der Waals surface area contributed by atoms with Gasteiger partial charge in [-0.2, -0.15) is 0 Å². The highest BCUT2D eigenvalue weighted by atomic mass is 19.1. The van der Waals surface area contributed by atoms with Crippen LogP contribution in [-0.4, -0.2) is 9.97 Å². The molecule has 0 fully saturated rings. The van der Waals surface area contributed by atoms with Crippen molar-refractivity contribution in [2.24, 2.45) is 0 Å². The minimum atomic E-state index is -0.261. The van der Waals surface area contributed by atoms with Gasteiger partial charge in [-0.3, -0.25) is 0 Å². The fourth-order valence-electron chi connectivity index (χ4n) is 2.38. The molecule has 0 aliphatic carbocycles. The number of benzene rings is 2. The normalized spacial score (nSPS) is 11.4. The van der Waals surface area contributed by atoms with Gasteiger partial charge in [0.25, 0.3) is 0 Å². The second-order valence-corrected chi connectivity index (χ2v) is 4.65. The van der Waals surface area contributed by atoms with Crippen molar-refractivity contribution in [3.05, 3.63) is 72.4 Å². The van der Waals surface area contributed by atoms with Crippen LogP contribution in [0.15, 0.2) is 53.3 Å². The first-order valence-corrected chi connectivity index (χ1v) is 6.24. The molecule has 0 spiro atoms. The molecule has 2 aromatic heterocycles. The van der Waals surface area contributed by atoms with E-state index in [1.54, 1.807) is 18.6 Å². The number of aromatic nitrogens is 2. The van der Waals surface area contributed by atoms with Gasteiger partial charge >= 0.3 is 0 Å². The number of nitrogens with zero attached hydrogens (tertiary/aromatic N) is 1. The third-order valence-corrected chi connectivity index (χ3v) is 3.30. The van der Waals surface area contributed by atoms with E-state index in [2.05, 4.69) is 9.97 Å². The third-order valence-electron chi connectivity index (χ3n) is 3.30. The number of aromatic amines is 1. The van der Waals surface area contributed by atoms with E-state index in [0.717, 1.165) is 27.6 Å². The maximum Gasteiger partial charge on any atom is 0.135 e. The van der Waals surface area contributed by atoms with Crippen LogP contribution in [0, 0.1) is 12.2 Å². The van der Waals surface area contributed by atoms with E-state index in [4.69, 9.17) is 4.42 Å². The van der Waals surface area contributed by atoms with Crippen molar-refractivity contribution in [3.63, 3.8) is 0 Å². The second-order valence-electron chi connectivity index (χ2n) is 4.65. The summed E-state index contributed by atoms with van der Waals surface area (Å²) >= 11 is 0. The average molecular weight is 265 g/mol. The van der Waals surface area contributed by atoms with Crippen LogP contribution < -0.4 is 0 Å². The van der Waals surface area contributed by atoms with Crippen molar-refractivity contribution >= 4 is 21.9 Å². The summed E-state index contributed by atoms with van der Waals surface area (Å²) in [6, 6.07) is 10.4. The van der Waals surface area contributed by atoms with Crippen molar-refractivity contribution in [2.45, 2.75) is 0 Å². The predicted octanol–water partition coefficient (Wildman–Crippen LogP) is 4.05. The lowest BCUT2D eigenvalue weighted by molar-refractivity contribution is 0.626. The Labute approximate surface area is 114 Å². The quantitative estimate of drug-likeness (QED) is 0.594. The Morgan fingerprint density at radius 1 is 1.05 bits per heavy atom. The molecule has 0 amide bonds. The molecule has 4 aromatic rings. The summed E-state index contributed by atoms with van der Waals surface area (Å²) in [5.41, 5.74) is 3.38. The zero-order valence-electron chi connectivity index (χ0n) is 10.4. The van der Waals surface area contributed by atoms with E-state index < -0.39 is 0 Å². The van der Waals surface area contributed by atoms with Crippen molar-refractivity contribution in [3.8, 4) is 0 Å². The number of H-pyrrole nitrogens is 1. The van der Waals surface area contributed by atoms with Gasteiger partial charge < -0.3 is 9.40 Å². The molecule has 20 heavy (non-hydrogen) atoms. The van der Waals surface area contributed by atoms with Crippen molar-refractivity contribution in [2.75, 3.05) is 0 Å². The van der Waals surface area contributed by atoms with Crippen LogP contribution in [0.2, 0.25) is 0 Å². The number of nitrogens with one attached hydrogen (secondary N) is 1. The molecule has 1 radical (unpaired) electrons. The third kappa shape index (κ3) is 1.77. The van der Waals surface area contributed by atoms with Gasteiger partial charge in [-0.05, 0) is 35.9 Å². The Morgan fingerprint density at radius 2 is 1.85 bits per heavy atom. The van der Waals surface area contributed by atoms with Crippen LogP contribution in [-0.2, 0) is 0 Å². The highest BCUT2D eigenvalue weighted by Crippen LogP contribution is 2.30. The molecule has 0 aliphatic heterocycles. The van der Waals surface area contributed by atoms with Gasteiger partial charge in [0.05, 0.1) is 6.33 Å². The standard InChI is InChI=1S/C16H10FN2O/c17-11-2-4-16-14(7-11)13-6-10(1-3-15(13)20-16)5-12-8-18-9-19-12/h1-9H,(H,18,19). The van der Waals surface area contributed by atoms with Crippen molar-refractivity contribution in [1.29, 1.82) is 0 Å². The maximum absolute atomic E-state index is 13.4. The first kappa shape index (κ1) is 11.2. The molecule has 97 valence electrons. The summed E-state index contributed by atoms with van der Waals surface area (Å²) in [5, 5.41) is 1.70. The number of halogens is 1. The Morgan fingerprint density at radius 3 is 2.65 bits per heavy atom. The summed E-state index contributed by atoms with van der Waals surface area (Å²) in [7, 11) is 0. The fraction of sp³-hybridized carbons (Fsp3) is 0. The highest BCUT2D eigenvalue weighted by molar-refractivity contribution is 6.05. The number of rotatable bonds is 2. The molecule has 0 saturated heterocycles. The summed E-state index contributed by atoms with van der Waals surface area (Å²) in [5.74, 6) is -0.261. The van der Waals surface area contributed by atoms with E-state index in [1.165, 1.54) is 12.1 Å². The SMILES string of the molecule is Fc1ccc2oc3ccc([CH]c4cnc[nH]4)cc3c2c1. The summed E-state index contributed by atoms with van der Waals surface area (Å²) in [4.78, 5) is 7.00. The van der Waals surface area contributed by atoms with Crippen LogP contribution in [0.1, 0.15) is 11.3 Å². The molecule has 0 saturated carbocycles. The molecular formula is C16H10FN2O. The first-order chi connectivity index (χ1) is 9.79. The highest BCUT2D eigenvalue weighted by Gasteiger charge is 2.09. The Bertz CT molecular complexity index is 894. The average Bonchev–Trinajstić information content (AvgIpc) is 3.06. The monoisotopic (exact) mass is 265 g/mol. The van der Waals surface area contributed by atoms with E-state index in [-0.39, 0.29) is 5.82 Å². The smallest absolute Gasteiger partial charge is 0.135 e. The van der Waals surface area contributed by atoms with E-state index in [0.29, 0.717) is 5.58 Å². The summed E-state index contributed by atoms with van der Waals surface area (Å²) in [6.45, 7) is 0. The van der Waals surface area contributed by atoms with Gasteiger partial charge in [-0.1, -0.05) is 6.07 Å². The minimum absolute atomic E-state index is 0.261. The number of imidazole rings is 1. The Balaban J connectivity index is 1.88. The van der Waals surface area contributed by atoms with E-state index >= 15 is 0 Å². The van der Waals surface area contributed by atoms with Gasteiger partial charge in [0.2, 0.25) is 0 Å². The van der Waals surface area contributed by atoms with Gasteiger partial charge in [0, 0.05) is 29.1 Å². The van der Waals surface area contributed by atoms with Crippen molar-refractivity contribution < 1.29 is 8.81 Å². The molecule has 2 aromatic carbocycles. The molecule has 4 heteroatoms. The lowest BCUT2D eigenvalue weighted by Crippen LogP contribution is -1.84. The van der Waals surface area contributed by atoms with Crippen molar-refractivity contribution in [1.82, 2.24) is 9.97 Å². The van der Waals surface area contributed by atoms with Crippen LogP contribution in [0.4, 0.5) is 4.39 Å². The summed E-state index contributed by atoms with van der Waals surface area (Å²) in [6.07, 6.45) is 5.36. The molecule has 3 nitrogen and oxygen atoms in total. The molecular weight excluding hydrogens is 255 g/mol. The predicted molar refractivity (Wildman–Crippen MR) is 74.8 cm³/mol. The van der Waals surface area contributed by atoms with Gasteiger partial charge in [-0.15, -0.1) is 0 Å². The van der Waals surface area contributed by atoms with Crippen LogP contribution in [0.25, 0.3) is 21.9 Å². The lowest BCUT2D eigenvalue weighted by atomic mass is 10.1. The first-order valence-electron chi connectivity index (χ1n) is 6.24. The molecule has 0 unspecified atom stereocenters. The molecule has 0 atom stereocenters. The minimum Gasteiger partial charge on any atom is -0.456 e. The van der Waals surface area contributed by atoms with Crippen LogP contribution in [0.5, 0.6) is 0 Å². The molecule has 1 N–H and O–H groups in total. The summed E-state index contributed by atoms with van der Waals surface area (Å²) < 4.78 is 19.1. The second kappa shape index (κ2) is 4.20. The van der Waals surface area contributed by atoms with Gasteiger partial charge in [-0.25, -0.2) is 9.37 Å². The molecule has 2 heterocycles. The van der Waals surface area contributed by atoms with Crippen LogP contribution >= 0.6 is 0 Å². The van der Waals surface area contributed by atoms with Gasteiger partial charge in [0.1, 0.15) is 17.0 Å². The zero-order chi connectivity index (χ0) is 13.5. The fourth-order valence-corrected chi connectivity index (χ4v) is 2.38. The van der Waals surface area contributed by atoms with E-state index in [9.17, 15) is 4.39 Å². The zero-order valence-corrected chi connectivity index (χ0v) is 10.4. The Kier molecular flexibility index (Phi) is 2.36.